The van der Waals surface area contributed by atoms with E-state index in [2.05, 4.69) is 34.3 Å². The molecule has 3 heteroatoms. The highest BCUT2D eigenvalue weighted by molar-refractivity contribution is 5.14. The Hall–Kier alpha value is -0.930. The molecule has 0 amide bonds. The summed E-state index contributed by atoms with van der Waals surface area (Å²) in [6.07, 6.45) is 6.44. The molecule has 17 heavy (non-hydrogen) atoms. The minimum absolute atomic E-state index is 0.440. The Morgan fingerprint density at radius 2 is 2.06 bits per heavy atom. The summed E-state index contributed by atoms with van der Waals surface area (Å²) in [5.41, 5.74) is 1.35. The Labute approximate surface area is 103 Å². The third-order valence-corrected chi connectivity index (χ3v) is 4.30. The van der Waals surface area contributed by atoms with E-state index in [0.717, 1.165) is 5.92 Å². The zero-order chi connectivity index (χ0) is 11.7. The third-order valence-electron chi connectivity index (χ3n) is 4.30. The van der Waals surface area contributed by atoms with Crippen LogP contribution in [0.15, 0.2) is 24.5 Å². The average Bonchev–Trinajstić information content (AvgIpc) is 2.77. The topological polar surface area (TPSA) is 28.2 Å². The number of nitrogens with one attached hydrogen (secondary N) is 1. The summed E-state index contributed by atoms with van der Waals surface area (Å²) < 4.78 is 0. The zero-order valence-electron chi connectivity index (χ0n) is 10.5. The van der Waals surface area contributed by atoms with E-state index in [1.165, 1.54) is 38.0 Å². The smallest absolute Gasteiger partial charge is 0.0295 e. The van der Waals surface area contributed by atoms with Gasteiger partial charge in [-0.15, -0.1) is 0 Å². The number of pyridine rings is 1. The van der Waals surface area contributed by atoms with Crippen molar-refractivity contribution in [1.29, 1.82) is 0 Å². The van der Waals surface area contributed by atoms with E-state index in [1.807, 2.05) is 12.4 Å². The molecule has 0 radical (unpaired) electrons. The van der Waals surface area contributed by atoms with E-state index in [9.17, 15) is 0 Å². The first-order valence-corrected chi connectivity index (χ1v) is 6.71. The van der Waals surface area contributed by atoms with Gasteiger partial charge in [-0.2, -0.15) is 0 Å². The van der Waals surface area contributed by atoms with Crippen LogP contribution in [0.5, 0.6) is 0 Å². The van der Waals surface area contributed by atoms with Gasteiger partial charge in [0.2, 0.25) is 0 Å². The molecule has 1 aromatic rings. The molecule has 3 heterocycles. The van der Waals surface area contributed by atoms with Crippen LogP contribution in [0.2, 0.25) is 0 Å². The molecule has 4 atom stereocenters. The lowest BCUT2D eigenvalue weighted by Crippen LogP contribution is -2.44. The minimum atomic E-state index is 0.440. The van der Waals surface area contributed by atoms with Crippen molar-refractivity contribution in [3.05, 3.63) is 30.1 Å². The minimum Gasteiger partial charge on any atom is -0.307 e. The molecule has 1 N–H and O–H groups in total. The van der Waals surface area contributed by atoms with Gasteiger partial charge in [0, 0.05) is 31.0 Å². The van der Waals surface area contributed by atoms with Crippen molar-refractivity contribution >= 4 is 0 Å². The van der Waals surface area contributed by atoms with Gasteiger partial charge in [-0.05, 0) is 56.5 Å². The van der Waals surface area contributed by atoms with Crippen LogP contribution < -0.4 is 5.32 Å². The van der Waals surface area contributed by atoms with Crippen LogP contribution >= 0.6 is 0 Å². The van der Waals surface area contributed by atoms with E-state index < -0.39 is 0 Å². The summed E-state index contributed by atoms with van der Waals surface area (Å²) in [7, 11) is 0. The van der Waals surface area contributed by atoms with Crippen molar-refractivity contribution in [1.82, 2.24) is 15.2 Å². The molecule has 3 nitrogen and oxygen atoms in total. The molecule has 1 aromatic heterocycles. The van der Waals surface area contributed by atoms with E-state index >= 15 is 0 Å². The molecular formula is C14H21N3. The molecular weight excluding hydrogens is 210 g/mol. The first-order valence-electron chi connectivity index (χ1n) is 6.71. The maximum Gasteiger partial charge on any atom is 0.0295 e. The number of fused-ring (bicyclic) bond motifs is 2. The molecule has 2 bridgehead atoms. The second-order valence-corrected chi connectivity index (χ2v) is 5.41. The maximum absolute atomic E-state index is 4.08. The summed E-state index contributed by atoms with van der Waals surface area (Å²) in [4.78, 5) is 6.68. The molecule has 2 aliphatic heterocycles. The second-order valence-electron chi connectivity index (χ2n) is 5.41. The van der Waals surface area contributed by atoms with E-state index in [4.69, 9.17) is 0 Å². The van der Waals surface area contributed by atoms with Gasteiger partial charge >= 0.3 is 0 Å². The Balaban J connectivity index is 1.63. The number of aromatic nitrogens is 1. The third kappa shape index (κ3) is 2.35. The summed E-state index contributed by atoms with van der Waals surface area (Å²) in [6, 6.07) is 5.37. The highest BCUT2D eigenvalue weighted by Gasteiger charge is 2.34. The van der Waals surface area contributed by atoms with Crippen molar-refractivity contribution in [2.75, 3.05) is 19.6 Å². The molecule has 3 rings (SSSR count). The lowest BCUT2D eigenvalue weighted by molar-refractivity contribution is 0.212. The molecule has 2 fully saturated rings. The molecule has 3 unspecified atom stereocenters. The van der Waals surface area contributed by atoms with Crippen LogP contribution in [-0.2, 0) is 0 Å². The summed E-state index contributed by atoms with van der Waals surface area (Å²) in [5.74, 6) is 0.869. The maximum atomic E-state index is 4.08. The van der Waals surface area contributed by atoms with Crippen LogP contribution in [0, 0.1) is 5.92 Å². The summed E-state index contributed by atoms with van der Waals surface area (Å²) in [5, 5.41) is 3.81. The Morgan fingerprint density at radius 3 is 2.88 bits per heavy atom. The highest BCUT2D eigenvalue weighted by atomic mass is 15.2. The summed E-state index contributed by atoms with van der Waals surface area (Å²) in [6.45, 7) is 6.15. The van der Waals surface area contributed by atoms with Crippen LogP contribution in [0.4, 0.5) is 0 Å². The SMILES string of the molecule is C[C@@H](NC1CCN2CCC1C2)c1ccncc1. The lowest BCUT2D eigenvalue weighted by Gasteiger charge is -2.33. The molecule has 2 aliphatic rings. The van der Waals surface area contributed by atoms with E-state index in [0.29, 0.717) is 12.1 Å². The highest BCUT2D eigenvalue weighted by Crippen LogP contribution is 2.28. The summed E-state index contributed by atoms with van der Waals surface area (Å²) >= 11 is 0. The van der Waals surface area contributed by atoms with Gasteiger partial charge < -0.3 is 10.2 Å². The van der Waals surface area contributed by atoms with Crippen LogP contribution in [-0.4, -0.2) is 35.6 Å². The molecule has 92 valence electrons. The molecule has 0 aliphatic carbocycles. The molecule has 0 saturated carbocycles. The lowest BCUT2D eigenvalue weighted by atomic mass is 9.93. The molecule has 0 spiro atoms. The van der Waals surface area contributed by atoms with Crippen molar-refractivity contribution in [3.63, 3.8) is 0 Å². The monoisotopic (exact) mass is 231 g/mol. The number of hydrogen-bond acceptors (Lipinski definition) is 3. The van der Waals surface area contributed by atoms with Crippen molar-refractivity contribution in [2.45, 2.75) is 31.8 Å². The first kappa shape index (κ1) is 11.2. The van der Waals surface area contributed by atoms with Crippen LogP contribution in [0.1, 0.15) is 31.4 Å². The van der Waals surface area contributed by atoms with Crippen LogP contribution in [0.3, 0.4) is 0 Å². The standard InChI is InChI=1S/C14H21N3/c1-11(12-2-6-15-7-3-12)16-14-5-9-17-8-4-13(14)10-17/h2-3,6-7,11,13-14,16H,4-5,8-10H2,1H3/t11-,13?,14?/m1/s1. The van der Waals surface area contributed by atoms with Gasteiger partial charge in [0.15, 0.2) is 0 Å². The van der Waals surface area contributed by atoms with Gasteiger partial charge in [-0.3, -0.25) is 4.98 Å². The predicted octanol–water partition coefficient (Wildman–Crippen LogP) is 1.83. The number of nitrogens with zero attached hydrogens (tertiary/aromatic N) is 2. The van der Waals surface area contributed by atoms with Gasteiger partial charge in [-0.25, -0.2) is 0 Å². The normalized spacial score (nSPS) is 33.6. The van der Waals surface area contributed by atoms with Gasteiger partial charge in [-0.1, -0.05) is 0 Å². The van der Waals surface area contributed by atoms with Crippen LogP contribution in [0.25, 0.3) is 0 Å². The number of rotatable bonds is 3. The Morgan fingerprint density at radius 1 is 1.29 bits per heavy atom. The largest absolute Gasteiger partial charge is 0.307 e. The fraction of sp³-hybridized carbons (Fsp3) is 0.643. The zero-order valence-corrected chi connectivity index (χ0v) is 10.5. The van der Waals surface area contributed by atoms with E-state index in [1.54, 1.807) is 0 Å². The fourth-order valence-corrected chi connectivity index (χ4v) is 3.24. The van der Waals surface area contributed by atoms with Gasteiger partial charge in [0.1, 0.15) is 0 Å². The number of hydrogen-bond donors (Lipinski definition) is 1. The van der Waals surface area contributed by atoms with Gasteiger partial charge in [0.05, 0.1) is 0 Å². The second kappa shape index (κ2) is 4.75. The Kier molecular flexibility index (Phi) is 3.12. The van der Waals surface area contributed by atoms with Crippen molar-refractivity contribution in [2.24, 2.45) is 5.92 Å². The number of piperidine rings is 1. The fourth-order valence-electron chi connectivity index (χ4n) is 3.24. The Bertz CT molecular complexity index is 365. The van der Waals surface area contributed by atoms with Gasteiger partial charge in [0.25, 0.3) is 0 Å². The predicted molar refractivity (Wildman–Crippen MR) is 68.7 cm³/mol. The van der Waals surface area contributed by atoms with E-state index in [-0.39, 0.29) is 0 Å². The van der Waals surface area contributed by atoms with Crippen molar-refractivity contribution < 1.29 is 0 Å². The first-order chi connectivity index (χ1) is 8.33. The molecule has 0 aromatic carbocycles. The average molecular weight is 231 g/mol. The van der Waals surface area contributed by atoms with Crippen molar-refractivity contribution in [3.8, 4) is 0 Å². The quantitative estimate of drug-likeness (QED) is 0.860. The molecule has 2 saturated heterocycles.